The molecule has 0 spiro atoms. The monoisotopic (exact) mass is 536 g/mol. The highest BCUT2D eigenvalue weighted by Crippen LogP contribution is 2.37. The van der Waals surface area contributed by atoms with Gasteiger partial charge in [0, 0.05) is 18.7 Å². The number of ether oxygens (including phenoxy) is 2. The Hall–Kier alpha value is -2.87. The Balaban J connectivity index is 2.04. The number of hydrogen-bond donors (Lipinski definition) is 0. The van der Waals surface area contributed by atoms with Gasteiger partial charge in [0.25, 0.3) is 8.32 Å². The van der Waals surface area contributed by atoms with Crippen LogP contribution >= 0.6 is 11.8 Å². The van der Waals surface area contributed by atoms with E-state index in [4.69, 9.17) is 13.9 Å². The molecule has 1 unspecified atom stereocenters. The SMILES string of the molecule is CC(=O)OC(Sc1ccc(C)cc1)[C@H](CO[Si](c1ccccc1)(c1ccccc1)C(C)(C)C)OC(C)=O. The molecule has 0 aromatic heterocycles. The van der Waals surface area contributed by atoms with E-state index in [-0.39, 0.29) is 11.6 Å². The Morgan fingerprint density at radius 3 is 1.70 bits per heavy atom. The first-order chi connectivity index (χ1) is 17.5. The molecule has 0 saturated heterocycles. The van der Waals surface area contributed by atoms with Crippen molar-refractivity contribution in [1.29, 1.82) is 0 Å². The quantitative estimate of drug-likeness (QED) is 0.148. The summed E-state index contributed by atoms with van der Waals surface area (Å²) in [5.74, 6) is -0.912. The van der Waals surface area contributed by atoms with Crippen molar-refractivity contribution in [3.05, 3.63) is 90.5 Å². The van der Waals surface area contributed by atoms with Gasteiger partial charge in [0.2, 0.25) is 0 Å². The van der Waals surface area contributed by atoms with Crippen LogP contribution in [0.5, 0.6) is 0 Å². The lowest BCUT2D eigenvalue weighted by atomic mass is 10.2. The minimum absolute atomic E-state index is 0.0731. The van der Waals surface area contributed by atoms with Gasteiger partial charge >= 0.3 is 11.9 Å². The van der Waals surface area contributed by atoms with Crippen LogP contribution in [0.3, 0.4) is 0 Å². The van der Waals surface area contributed by atoms with E-state index in [1.54, 1.807) is 0 Å². The molecule has 0 aliphatic carbocycles. The first-order valence-electron chi connectivity index (χ1n) is 12.4. The number of carbonyl (C=O) groups excluding carboxylic acids is 2. The van der Waals surface area contributed by atoms with Crippen LogP contribution in [0.1, 0.15) is 40.2 Å². The molecule has 5 nitrogen and oxygen atoms in total. The van der Waals surface area contributed by atoms with Crippen molar-refractivity contribution in [2.24, 2.45) is 0 Å². The van der Waals surface area contributed by atoms with Crippen molar-refractivity contribution in [3.8, 4) is 0 Å². The van der Waals surface area contributed by atoms with E-state index in [0.29, 0.717) is 0 Å². The molecule has 37 heavy (non-hydrogen) atoms. The van der Waals surface area contributed by atoms with Crippen molar-refractivity contribution in [2.45, 2.75) is 63.0 Å². The van der Waals surface area contributed by atoms with Gasteiger partial charge in [-0.25, -0.2) is 0 Å². The zero-order chi connectivity index (χ0) is 27.1. The van der Waals surface area contributed by atoms with Crippen molar-refractivity contribution in [1.82, 2.24) is 0 Å². The number of rotatable bonds is 10. The van der Waals surface area contributed by atoms with Gasteiger partial charge < -0.3 is 13.9 Å². The molecule has 0 saturated carbocycles. The first kappa shape index (κ1) is 28.7. The second kappa shape index (κ2) is 12.6. The topological polar surface area (TPSA) is 61.8 Å². The zero-order valence-electron chi connectivity index (χ0n) is 22.4. The normalized spacial score (nSPS) is 13.5. The lowest BCUT2D eigenvalue weighted by Crippen LogP contribution is -2.67. The van der Waals surface area contributed by atoms with Gasteiger partial charge in [-0.3, -0.25) is 9.59 Å². The molecular weight excluding hydrogens is 500 g/mol. The highest BCUT2D eigenvalue weighted by Gasteiger charge is 2.51. The molecule has 3 rings (SSSR count). The molecule has 0 aliphatic rings. The van der Waals surface area contributed by atoms with Crippen LogP contribution in [0.15, 0.2) is 89.8 Å². The molecule has 0 aliphatic heterocycles. The summed E-state index contributed by atoms with van der Waals surface area (Å²) < 4.78 is 18.4. The first-order valence-corrected chi connectivity index (χ1v) is 15.1. The lowest BCUT2D eigenvalue weighted by molar-refractivity contribution is -0.160. The molecule has 0 heterocycles. The molecule has 7 heteroatoms. The van der Waals surface area contributed by atoms with Gasteiger partial charge in [0.1, 0.15) is 0 Å². The predicted molar refractivity (Wildman–Crippen MR) is 152 cm³/mol. The maximum Gasteiger partial charge on any atom is 0.303 e. The standard InChI is InChI=1S/C30H36O5SSi/c1-22-17-19-25(20-18-22)36-29(35-24(3)32)28(34-23(2)31)21-33-37(30(4,5)6,26-13-9-7-10-14-26)27-15-11-8-12-16-27/h7-20,28-29H,21H2,1-6H3/t28-,29?/m0/s1. The van der Waals surface area contributed by atoms with Crippen LogP contribution < -0.4 is 10.4 Å². The Kier molecular flexibility index (Phi) is 9.76. The number of carbonyl (C=O) groups is 2. The van der Waals surface area contributed by atoms with E-state index in [1.807, 2.05) is 67.6 Å². The fraction of sp³-hybridized carbons (Fsp3) is 0.333. The van der Waals surface area contributed by atoms with Crippen LogP contribution in [0, 0.1) is 6.92 Å². The Morgan fingerprint density at radius 2 is 1.27 bits per heavy atom. The molecule has 2 atom stereocenters. The summed E-state index contributed by atoms with van der Waals surface area (Å²) in [5.41, 5.74) is 0.349. The zero-order valence-corrected chi connectivity index (χ0v) is 24.2. The summed E-state index contributed by atoms with van der Waals surface area (Å²) in [5, 5.41) is 1.98. The lowest BCUT2D eigenvalue weighted by Gasteiger charge is -2.44. The molecule has 196 valence electrons. The fourth-order valence-electron chi connectivity index (χ4n) is 4.44. The maximum atomic E-state index is 12.2. The van der Waals surface area contributed by atoms with Crippen LogP contribution in [0.25, 0.3) is 0 Å². The van der Waals surface area contributed by atoms with E-state index in [1.165, 1.54) is 25.6 Å². The molecule has 3 aromatic rings. The number of esters is 2. The molecule has 0 fully saturated rings. The predicted octanol–water partition coefficient (Wildman–Crippen LogP) is 5.48. The summed E-state index contributed by atoms with van der Waals surface area (Å²) in [6.45, 7) is 11.4. The number of benzene rings is 3. The average molecular weight is 537 g/mol. The van der Waals surface area contributed by atoms with Crippen molar-refractivity contribution >= 4 is 42.4 Å². The second-order valence-electron chi connectivity index (χ2n) is 10.0. The third kappa shape index (κ3) is 7.34. The van der Waals surface area contributed by atoms with Crippen molar-refractivity contribution in [3.63, 3.8) is 0 Å². The van der Waals surface area contributed by atoms with Crippen LogP contribution in [0.2, 0.25) is 5.04 Å². The molecule has 0 N–H and O–H groups in total. The van der Waals surface area contributed by atoms with Gasteiger partial charge in [-0.1, -0.05) is 111 Å². The fourth-order valence-corrected chi connectivity index (χ4v) is 10.0. The van der Waals surface area contributed by atoms with Crippen LogP contribution in [-0.4, -0.2) is 38.4 Å². The highest BCUT2D eigenvalue weighted by molar-refractivity contribution is 7.99. The van der Waals surface area contributed by atoms with Gasteiger partial charge in [0.15, 0.2) is 11.5 Å². The molecule has 0 amide bonds. The summed E-state index contributed by atoms with van der Waals surface area (Å²) in [6.07, 6.45) is -0.811. The molecule has 0 radical (unpaired) electrons. The summed E-state index contributed by atoms with van der Waals surface area (Å²) >= 11 is 1.34. The van der Waals surface area contributed by atoms with E-state index < -0.39 is 31.8 Å². The Labute approximate surface area is 225 Å². The second-order valence-corrected chi connectivity index (χ2v) is 15.5. The van der Waals surface area contributed by atoms with E-state index in [9.17, 15) is 9.59 Å². The number of hydrogen-bond acceptors (Lipinski definition) is 6. The highest BCUT2D eigenvalue weighted by atomic mass is 32.2. The van der Waals surface area contributed by atoms with Gasteiger partial charge in [-0.15, -0.1) is 0 Å². The number of aryl methyl sites for hydroxylation is 1. The van der Waals surface area contributed by atoms with Gasteiger partial charge in [-0.2, -0.15) is 0 Å². The van der Waals surface area contributed by atoms with E-state index in [0.717, 1.165) is 20.8 Å². The van der Waals surface area contributed by atoms with E-state index in [2.05, 4.69) is 45.0 Å². The van der Waals surface area contributed by atoms with Gasteiger partial charge in [0.05, 0.1) is 6.61 Å². The smallest absolute Gasteiger partial charge is 0.303 e. The Morgan fingerprint density at radius 1 is 0.784 bits per heavy atom. The minimum Gasteiger partial charge on any atom is -0.455 e. The van der Waals surface area contributed by atoms with Crippen molar-refractivity contribution in [2.75, 3.05) is 6.61 Å². The van der Waals surface area contributed by atoms with Gasteiger partial charge in [-0.05, 0) is 34.5 Å². The van der Waals surface area contributed by atoms with Crippen LogP contribution in [0.4, 0.5) is 0 Å². The molecular formula is C30H36O5SSi. The largest absolute Gasteiger partial charge is 0.455 e. The Bertz CT molecular complexity index is 1120. The van der Waals surface area contributed by atoms with Crippen LogP contribution in [-0.2, 0) is 23.5 Å². The average Bonchev–Trinajstić information content (AvgIpc) is 2.84. The van der Waals surface area contributed by atoms with Crippen molar-refractivity contribution < 1.29 is 23.5 Å². The maximum absolute atomic E-state index is 12.2. The minimum atomic E-state index is -2.89. The third-order valence-electron chi connectivity index (χ3n) is 6.06. The summed E-state index contributed by atoms with van der Waals surface area (Å²) in [7, 11) is -2.89. The summed E-state index contributed by atoms with van der Waals surface area (Å²) in [4.78, 5) is 25.2. The summed E-state index contributed by atoms with van der Waals surface area (Å²) in [6, 6.07) is 28.4. The molecule has 0 bridgehead atoms. The number of thioether (sulfide) groups is 1. The van der Waals surface area contributed by atoms with E-state index >= 15 is 0 Å². The molecule has 3 aromatic carbocycles. The third-order valence-corrected chi connectivity index (χ3v) is 12.2.